The van der Waals surface area contributed by atoms with Crippen LogP contribution < -0.4 is 5.32 Å². The monoisotopic (exact) mass is 200 g/mol. The number of nitrogens with one attached hydrogen (secondary N) is 1. The normalized spacial score (nSPS) is 22.1. The number of hydrogen-bond donors (Lipinski definition) is 2. The zero-order valence-electron chi connectivity index (χ0n) is 8.32. The first-order valence-electron chi connectivity index (χ1n) is 4.83. The first-order valence-corrected chi connectivity index (χ1v) is 4.83. The highest BCUT2D eigenvalue weighted by molar-refractivity contribution is 5.85. The minimum atomic E-state index is -0.894. The van der Waals surface area contributed by atoms with Crippen molar-refractivity contribution < 1.29 is 14.7 Å². The van der Waals surface area contributed by atoms with Crippen molar-refractivity contribution in [2.45, 2.75) is 25.3 Å². The summed E-state index contributed by atoms with van der Waals surface area (Å²) in [5, 5.41) is 11.7. The molecule has 0 aliphatic carbocycles. The third-order valence-corrected chi connectivity index (χ3v) is 2.44. The van der Waals surface area contributed by atoms with Crippen LogP contribution >= 0.6 is 0 Å². The topological polar surface area (TPSA) is 69.6 Å². The van der Waals surface area contributed by atoms with Gasteiger partial charge in [0.2, 0.25) is 5.91 Å². The zero-order chi connectivity index (χ0) is 10.6. The van der Waals surface area contributed by atoms with Gasteiger partial charge in [0.15, 0.2) is 0 Å². The van der Waals surface area contributed by atoms with Gasteiger partial charge in [0.1, 0.15) is 6.04 Å². The van der Waals surface area contributed by atoms with Crippen LogP contribution in [0.2, 0.25) is 0 Å². The highest BCUT2D eigenvalue weighted by atomic mass is 16.4. The molecule has 0 aromatic carbocycles. The lowest BCUT2D eigenvalue weighted by Crippen LogP contribution is -2.50. The lowest BCUT2D eigenvalue weighted by Gasteiger charge is -2.32. The van der Waals surface area contributed by atoms with Crippen molar-refractivity contribution in [3.8, 4) is 0 Å². The third-order valence-electron chi connectivity index (χ3n) is 2.44. The van der Waals surface area contributed by atoms with Crippen LogP contribution in [0.1, 0.15) is 19.3 Å². The molecule has 1 aliphatic heterocycles. The summed E-state index contributed by atoms with van der Waals surface area (Å²) in [5.41, 5.74) is 0. The van der Waals surface area contributed by atoms with E-state index in [-0.39, 0.29) is 12.5 Å². The molecule has 5 heteroatoms. The van der Waals surface area contributed by atoms with Gasteiger partial charge in [-0.2, -0.15) is 0 Å². The minimum absolute atomic E-state index is 0.125. The second-order valence-electron chi connectivity index (χ2n) is 3.47. The van der Waals surface area contributed by atoms with Gasteiger partial charge in [-0.3, -0.25) is 4.79 Å². The number of aliphatic carboxylic acids is 1. The number of hydrogen-bond acceptors (Lipinski definition) is 3. The number of carbonyl (C=O) groups excluding carboxylic acids is 1. The first kappa shape index (κ1) is 11.0. The molecule has 1 saturated heterocycles. The Labute approximate surface area is 83.1 Å². The van der Waals surface area contributed by atoms with E-state index >= 15 is 0 Å². The van der Waals surface area contributed by atoms with Crippen LogP contribution in [-0.4, -0.2) is 48.1 Å². The number of carboxylic acids is 1. The molecule has 1 amide bonds. The van der Waals surface area contributed by atoms with Gasteiger partial charge in [-0.25, -0.2) is 4.79 Å². The van der Waals surface area contributed by atoms with Gasteiger partial charge in [-0.15, -0.1) is 0 Å². The Balaban J connectivity index is 2.62. The van der Waals surface area contributed by atoms with Gasteiger partial charge in [0, 0.05) is 6.54 Å². The van der Waals surface area contributed by atoms with Gasteiger partial charge in [-0.05, 0) is 26.3 Å². The fourth-order valence-electron chi connectivity index (χ4n) is 1.74. The van der Waals surface area contributed by atoms with E-state index < -0.39 is 12.0 Å². The summed E-state index contributed by atoms with van der Waals surface area (Å²) in [4.78, 5) is 23.8. The number of amides is 1. The van der Waals surface area contributed by atoms with Crippen molar-refractivity contribution in [1.29, 1.82) is 0 Å². The van der Waals surface area contributed by atoms with Gasteiger partial charge >= 0.3 is 5.97 Å². The van der Waals surface area contributed by atoms with E-state index in [9.17, 15) is 9.59 Å². The van der Waals surface area contributed by atoms with E-state index in [0.717, 1.165) is 12.8 Å². The van der Waals surface area contributed by atoms with Gasteiger partial charge in [0.05, 0.1) is 6.54 Å². The number of likely N-dealkylation sites (N-methyl/N-ethyl adjacent to an activating group) is 1. The molecule has 5 nitrogen and oxygen atoms in total. The smallest absolute Gasteiger partial charge is 0.326 e. The van der Waals surface area contributed by atoms with Gasteiger partial charge in [0.25, 0.3) is 0 Å². The molecule has 0 aromatic rings. The molecule has 1 heterocycles. The number of likely N-dealkylation sites (tertiary alicyclic amines) is 1. The number of nitrogens with zero attached hydrogens (tertiary/aromatic N) is 1. The molecule has 0 unspecified atom stereocenters. The summed E-state index contributed by atoms with van der Waals surface area (Å²) in [6, 6.07) is -0.621. The summed E-state index contributed by atoms with van der Waals surface area (Å²) in [5.74, 6) is -1.02. The average Bonchev–Trinajstić information content (AvgIpc) is 2.18. The summed E-state index contributed by atoms with van der Waals surface area (Å²) in [7, 11) is 1.68. The number of carbonyl (C=O) groups is 2. The Hall–Kier alpha value is -1.10. The molecule has 14 heavy (non-hydrogen) atoms. The van der Waals surface area contributed by atoms with Crippen molar-refractivity contribution in [1.82, 2.24) is 10.2 Å². The van der Waals surface area contributed by atoms with E-state index in [1.165, 1.54) is 4.90 Å². The quantitative estimate of drug-likeness (QED) is 0.654. The Bertz CT molecular complexity index is 230. The van der Waals surface area contributed by atoms with Gasteiger partial charge in [-0.1, -0.05) is 0 Å². The number of rotatable bonds is 3. The Kier molecular flexibility index (Phi) is 3.88. The standard InChI is InChI=1S/C9H16N2O3/c1-10-6-8(12)11-5-3-2-4-7(11)9(13)14/h7,10H,2-6H2,1H3,(H,13,14)/t7-/m0/s1. The predicted octanol–water partition coefficient (Wildman–Crippen LogP) is -0.328. The largest absolute Gasteiger partial charge is 0.480 e. The van der Waals surface area contributed by atoms with E-state index in [0.29, 0.717) is 13.0 Å². The molecule has 1 fully saturated rings. The van der Waals surface area contributed by atoms with Crippen LogP contribution in [-0.2, 0) is 9.59 Å². The van der Waals surface area contributed by atoms with Crippen molar-refractivity contribution in [3.63, 3.8) is 0 Å². The Morgan fingerprint density at radius 1 is 1.50 bits per heavy atom. The second kappa shape index (κ2) is 4.95. The highest BCUT2D eigenvalue weighted by Gasteiger charge is 2.31. The lowest BCUT2D eigenvalue weighted by molar-refractivity contribution is -0.151. The maximum Gasteiger partial charge on any atom is 0.326 e. The predicted molar refractivity (Wildman–Crippen MR) is 50.9 cm³/mol. The fourth-order valence-corrected chi connectivity index (χ4v) is 1.74. The summed E-state index contributed by atoms with van der Waals surface area (Å²) >= 11 is 0. The van der Waals surface area contributed by atoms with E-state index in [1.807, 2.05) is 0 Å². The molecule has 2 N–H and O–H groups in total. The Morgan fingerprint density at radius 2 is 2.21 bits per heavy atom. The molecule has 0 saturated carbocycles. The maximum atomic E-state index is 11.5. The minimum Gasteiger partial charge on any atom is -0.480 e. The van der Waals surface area contributed by atoms with Crippen molar-refractivity contribution in [3.05, 3.63) is 0 Å². The van der Waals surface area contributed by atoms with Crippen molar-refractivity contribution >= 4 is 11.9 Å². The molecular formula is C9H16N2O3. The Morgan fingerprint density at radius 3 is 2.79 bits per heavy atom. The first-order chi connectivity index (χ1) is 6.66. The third kappa shape index (κ3) is 2.45. The molecule has 1 rings (SSSR count). The molecule has 80 valence electrons. The van der Waals surface area contributed by atoms with Crippen molar-refractivity contribution in [2.75, 3.05) is 20.1 Å². The van der Waals surface area contributed by atoms with E-state index in [2.05, 4.69) is 5.32 Å². The molecule has 1 atom stereocenters. The molecule has 0 spiro atoms. The average molecular weight is 200 g/mol. The summed E-state index contributed by atoms with van der Waals surface area (Å²) in [6.45, 7) is 0.779. The van der Waals surface area contributed by atoms with Gasteiger partial charge < -0.3 is 15.3 Å². The molecular weight excluding hydrogens is 184 g/mol. The van der Waals surface area contributed by atoms with Crippen LogP contribution in [0.3, 0.4) is 0 Å². The number of carboxylic acid groups (broad SMARTS) is 1. The molecule has 0 radical (unpaired) electrons. The molecule has 1 aliphatic rings. The summed E-state index contributed by atoms with van der Waals surface area (Å²) in [6.07, 6.45) is 2.37. The van der Waals surface area contributed by atoms with Crippen LogP contribution in [0.25, 0.3) is 0 Å². The van der Waals surface area contributed by atoms with Crippen LogP contribution in [0.15, 0.2) is 0 Å². The summed E-state index contributed by atoms with van der Waals surface area (Å²) < 4.78 is 0. The molecule has 0 aromatic heterocycles. The number of piperidine rings is 1. The fraction of sp³-hybridized carbons (Fsp3) is 0.778. The molecule has 0 bridgehead atoms. The van der Waals surface area contributed by atoms with Crippen LogP contribution in [0, 0.1) is 0 Å². The maximum absolute atomic E-state index is 11.5. The van der Waals surface area contributed by atoms with Crippen LogP contribution in [0.5, 0.6) is 0 Å². The van der Waals surface area contributed by atoms with Crippen LogP contribution in [0.4, 0.5) is 0 Å². The lowest BCUT2D eigenvalue weighted by atomic mass is 10.0. The second-order valence-corrected chi connectivity index (χ2v) is 3.47. The zero-order valence-corrected chi connectivity index (χ0v) is 8.32. The van der Waals surface area contributed by atoms with Crippen molar-refractivity contribution in [2.24, 2.45) is 0 Å². The SMILES string of the molecule is CNCC(=O)N1CCCC[C@H]1C(=O)O. The van der Waals surface area contributed by atoms with E-state index in [1.54, 1.807) is 7.05 Å². The van der Waals surface area contributed by atoms with E-state index in [4.69, 9.17) is 5.11 Å². The highest BCUT2D eigenvalue weighted by Crippen LogP contribution is 2.16.